The van der Waals surface area contributed by atoms with Gasteiger partial charge in [-0.05, 0) is 25.2 Å². The van der Waals surface area contributed by atoms with E-state index >= 15 is 0 Å². The van der Waals surface area contributed by atoms with Crippen LogP contribution in [-0.2, 0) is 24.3 Å². The molecule has 32 heavy (non-hydrogen) atoms. The summed E-state index contributed by atoms with van der Waals surface area (Å²) in [7, 11) is 3.04. The quantitative estimate of drug-likeness (QED) is 0.555. The van der Waals surface area contributed by atoms with Crippen molar-refractivity contribution < 1.29 is 4.79 Å². The highest BCUT2D eigenvalue weighted by Crippen LogP contribution is 2.32. The second-order valence-electron chi connectivity index (χ2n) is 10.1. The average molecular weight is 462 g/mol. The monoisotopic (exact) mass is 461 g/mol. The van der Waals surface area contributed by atoms with Crippen LogP contribution in [0.5, 0.6) is 0 Å². The Hall–Kier alpha value is -2.16. The highest BCUT2D eigenvalue weighted by Gasteiger charge is 2.30. The average Bonchev–Trinajstić information content (AvgIpc) is 2.72. The fourth-order valence-corrected chi connectivity index (χ4v) is 5.10. The topological polar surface area (TPSA) is 98.9 Å². The highest BCUT2D eigenvalue weighted by atomic mass is 32.2. The van der Waals surface area contributed by atoms with Crippen LogP contribution in [0.15, 0.2) is 14.6 Å². The molecule has 0 aromatic carbocycles. The Labute approximate surface area is 193 Å². The van der Waals surface area contributed by atoms with Crippen LogP contribution in [-0.4, -0.2) is 36.3 Å². The van der Waals surface area contributed by atoms with E-state index in [0.717, 1.165) is 17.4 Å². The summed E-state index contributed by atoms with van der Waals surface area (Å²) in [5.74, 6) is 1.48. The Kier molecular flexibility index (Phi) is 6.88. The van der Waals surface area contributed by atoms with Crippen LogP contribution >= 0.6 is 11.8 Å². The first-order valence-electron chi connectivity index (χ1n) is 11.3. The third kappa shape index (κ3) is 4.63. The fourth-order valence-electron chi connectivity index (χ4n) is 4.16. The molecule has 2 aromatic heterocycles. The van der Waals surface area contributed by atoms with Gasteiger partial charge in [-0.2, -0.15) is 0 Å². The van der Waals surface area contributed by atoms with E-state index in [0.29, 0.717) is 28.3 Å². The Morgan fingerprint density at radius 2 is 1.78 bits per heavy atom. The third-order valence-corrected chi connectivity index (χ3v) is 7.72. The predicted octanol–water partition coefficient (Wildman–Crippen LogP) is 2.75. The lowest BCUT2D eigenvalue weighted by Crippen LogP contribution is -2.46. The van der Waals surface area contributed by atoms with Crippen molar-refractivity contribution in [3.05, 3.63) is 26.7 Å². The van der Waals surface area contributed by atoms with E-state index in [1.54, 1.807) is 7.05 Å². The van der Waals surface area contributed by atoms with E-state index in [4.69, 9.17) is 0 Å². The van der Waals surface area contributed by atoms with Gasteiger partial charge < -0.3 is 5.32 Å². The largest absolute Gasteiger partial charge is 0.352 e. The summed E-state index contributed by atoms with van der Waals surface area (Å²) in [6, 6.07) is 0.162. The standard InChI is InChI=1S/C23H35N5O3S/c1-12-10-9-11-15(13(12)2)24-18(29)14(3)32-19-16-17(25-21(26-19)23(4,5)6)27(7)22(31)28(8)20(16)30/h12-15H,9-11H2,1-8H3,(H,24,29)/t12-,13+,14-,15+/m0/s1. The van der Waals surface area contributed by atoms with Crippen LogP contribution in [0, 0.1) is 11.8 Å². The molecule has 0 aliphatic heterocycles. The second kappa shape index (κ2) is 9.00. The second-order valence-corrected chi connectivity index (χ2v) is 11.5. The summed E-state index contributed by atoms with van der Waals surface area (Å²) in [5.41, 5.74) is -0.987. The van der Waals surface area contributed by atoms with Gasteiger partial charge in [0, 0.05) is 25.6 Å². The Morgan fingerprint density at radius 1 is 1.12 bits per heavy atom. The summed E-state index contributed by atoms with van der Waals surface area (Å²) < 4.78 is 2.43. The molecule has 2 heterocycles. The molecule has 4 atom stereocenters. The summed E-state index contributed by atoms with van der Waals surface area (Å²) in [6.45, 7) is 12.2. The van der Waals surface area contributed by atoms with Crippen LogP contribution in [0.3, 0.4) is 0 Å². The molecule has 1 fully saturated rings. The van der Waals surface area contributed by atoms with Crippen LogP contribution < -0.4 is 16.6 Å². The summed E-state index contributed by atoms with van der Waals surface area (Å²) >= 11 is 1.25. The summed E-state index contributed by atoms with van der Waals surface area (Å²) in [5, 5.41) is 3.47. The molecule has 1 N–H and O–H groups in total. The number of aryl methyl sites for hydroxylation is 1. The van der Waals surface area contributed by atoms with Crippen LogP contribution in [0.1, 0.15) is 66.6 Å². The maximum atomic E-state index is 13.0. The van der Waals surface area contributed by atoms with Gasteiger partial charge in [0.1, 0.15) is 16.2 Å². The minimum Gasteiger partial charge on any atom is -0.352 e. The molecular formula is C23H35N5O3S. The van der Waals surface area contributed by atoms with Gasteiger partial charge in [-0.25, -0.2) is 14.8 Å². The van der Waals surface area contributed by atoms with Crippen molar-refractivity contribution in [1.82, 2.24) is 24.4 Å². The minimum absolute atomic E-state index is 0.0633. The first-order valence-corrected chi connectivity index (χ1v) is 12.2. The molecule has 176 valence electrons. The van der Waals surface area contributed by atoms with Crippen molar-refractivity contribution in [2.24, 2.45) is 25.9 Å². The molecule has 1 saturated carbocycles. The van der Waals surface area contributed by atoms with E-state index in [1.165, 1.54) is 29.8 Å². The Morgan fingerprint density at radius 3 is 2.41 bits per heavy atom. The Balaban J connectivity index is 2.01. The molecule has 9 heteroatoms. The van der Waals surface area contributed by atoms with E-state index in [2.05, 4.69) is 29.1 Å². The number of hydrogen-bond acceptors (Lipinski definition) is 6. The van der Waals surface area contributed by atoms with E-state index < -0.39 is 16.5 Å². The van der Waals surface area contributed by atoms with Gasteiger partial charge in [0.25, 0.3) is 5.56 Å². The number of thioether (sulfide) groups is 1. The number of amides is 1. The van der Waals surface area contributed by atoms with Gasteiger partial charge in [0.15, 0.2) is 5.65 Å². The highest BCUT2D eigenvalue weighted by molar-refractivity contribution is 8.00. The van der Waals surface area contributed by atoms with Gasteiger partial charge in [-0.3, -0.25) is 18.7 Å². The molecule has 1 aliphatic carbocycles. The lowest BCUT2D eigenvalue weighted by molar-refractivity contribution is -0.121. The molecule has 8 nitrogen and oxygen atoms in total. The molecule has 2 aromatic rings. The molecule has 1 aliphatic rings. The number of nitrogens with zero attached hydrogens (tertiary/aromatic N) is 4. The zero-order chi connectivity index (χ0) is 24.0. The predicted molar refractivity (Wildman–Crippen MR) is 128 cm³/mol. The molecule has 3 rings (SSSR count). The van der Waals surface area contributed by atoms with Gasteiger partial charge >= 0.3 is 5.69 Å². The Bertz CT molecular complexity index is 1150. The van der Waals surface area contributed by atoms with Crippen LogP contribution in [0.2, 0.25) is 0 Å². The number of aromatic nitrogens is 4. The van der Waals surface area contributed by atoms with Crippen molar-refractivity contribution in [2.45, 2.75) is 82.5 Å². The van der Waals surface area contributed by atoms with Gasteiger partial charge in [0.05, 0.1) is 5.25 Å². The third-order valence-electron chi connectivity index (χ3n) is 6.63. The normalized spacial score (nSPS) is 22.7. The SMILES string of the molecule is C[C@@H]1[C@@H](C)CCC[C@H]1NC(=O)[C@H](C)Sc1nc(C(C)(C)C)nc2c1c(=O)n(C)c(=O)n2C. The molecule has 1 amide bonds. The van der Waals surface area contributed by atoms with E-state index in [1.807, 2.05) is 27.7 Å². The number of nitrogens with one attached hydrogen (secondary N) is 1. The van der Waals surface area contributed by atoms with E-state index in [-0.39, 0.29) is 22.8 Å². The van der Waals surface area contributed by atoms with Gasteiger partial charge in [0.2, 0.25) is 5.91 Å². The minimum atomic E-state index is -0.452. The lowest BCUT2D eigenvalue weighted by Gasteiger charge is -2.35. The van der Waals surface area contributed by atoms with E-state index in [9.17, 15) is 14.4 Å². The number of carbonyl (C=O) groups is 1. The maximum absolute atomic E-state index is 13.0. The molecular weight excluding hydrogens is 426 g/mol. The first kappa shape index (κ1) is 24.5. The van der Waals surface area contributed by atoms with Crippen molar-refractivity contribution in [1.29, 1.82) is 0 Å². The van der Waals surface area contributed by atoms with Gasteiger partial charge in [-0.1, -0.05) is 59.2 Å². The molecule has 0 saturated heterocycles. The van der Waals surface area contributed by atoms with Crippen molar-refractivity contribution >= 4 is 28.7 Å². The van der Waals surface area contributed by atoms with Crippen molar-refractivity contribution in [2.75, 3.05) is 0 Å². The molecule has 0 unspecified atom stereocenters. The maximum Gasteiger partial charge on any atom is 0.332 e. The van der Waals surface area contributed by atoms with Gasteiger partial charge in [-0.15, -0.1) is 0 Å². The number of fused-ring (bicyclic) bond motifs is 1. The summed E-state index contributed by atoms with van der Waals surface area (Å²) in [4.78, 5) is 47.8. The molecule has 0 bridgehead atoms. The lowest BCUT2D eigenvalue weighted by atomic mass is 9.78. The van der Waals surface area contributed by atoms with Crippen LogP contribution in [0.25, 0.3) is 11.0 Å². The molecule has 0 radical (unpaired) electrons. The molecule has 0 spiro atoms. The van der Waals surface area contributed by atoms with Crippen molar-refractivity contribution in [3.63, 3.8) is 0 Å². The number of carbonyl (C=O) groups excluding carboxylic acids is 1. The van der Waals surface area contributed by atoms with Crippen LogP contribution in [0.4, 0.5) is 0 Å². The fraction of sp³-hybridized carbons (Fsp3) is 0.696. The summed E-state index contributed by atoms with van der Waals surface area (Å²) in [6.07, 6.45) is 3.30. The smallest absolute Gasteiger partial charge is 0.332 e. The number of hydrogen-bond donors (Lipinski definition) is 1. The number of rotatable bonds is 4. The first-order chi connectivity index (χ1) is 14.8. The van der Waals surface area contributed by atoms with Crippen molar-refractivity contribution in [3.8, 4) is 0 Å². The zero-order valence-electron chi connectivity index (χ0n) is 20.4. The zero-order valence-corrected chi connectivity index (χ0v) is 21.2.